The zero-order chi connectivity index (χ0) is 13.1. The summed E-state index contributed by atoms with van der Waals surface area (Å²) in [6, 6.07) is 0.0780. The molecule has 1 aliphatic carbocycles. The van der Waals surface area contributed by atoms with Crippen molar-refractivity contribution in [3.05, 3.63) is 0 Å². The number of rotatable bonds is 3. The van der Waals surface area contributed by atoms with Gasteiger partial charge in [-0.25, -0.2) is 0 Å². The smallest absolute Gasteiger partial charge is 0.320 e. The molecule has 0 amide bonds. The number of aliphatic carboxylic acids is 1. The van der Waals surface area contributed by atoms with Crippen molar-refractivity contribution in [2.24, 2.45) is 0 Å². The molecule has 2 fully saturated rings. The molecule has 18 heavy (non-hydrogen) atoms. The highest BCUT2D eigenvalue weighted by atomic mass is 32.2. The van der Waals surface area contributed by atoms with Gasteiger partial charge >= 0.3 is 5.97 Å². The van der Waals surface area contributed by atoms with E-state index < -0.39 is 12.0 Å². The molecule has 1 N–H and O–H groups in total. The lowest BCUT2D eigenvalue weighted by molar-refractivity contribution is -0.142. The monoisotopic (exact) mass is 288 g/mol. The molecule has 0 aromatic carbocycles. The molecule has 1 saturated heterocycles. The number of thioether (sulfide) groups is 1. The maximum absolute atomic E-state index is 11.1. The number of carbonyl (C=O) groups is 1. The molecule has 0 bridgehead atoms. The SMILES string of the molecule is C[C@@H](C(=O)O)N1CSC(=S)N(C2CCCCC2)C1. The molecule has 2 rings (SSSR count). The molecule has 1 atom stereocenters. The van der Waals surface area contributed by atoms with Crippen LogP contribution in [0.3, 0.4) is 0 Å². The minimum atomic E-state index is -0.757. The van der Waals surface area contributed by atoms with Crippen LogP contribution in [0.2, 0.25) is 0 Å². The Hall–Kier alpha value is -0.330. The Labute approximate surface area is 118 Å². The van der Waals surface area contributed by atoms with Crippen molar-refractivity contribution in [2.75, 3.05) is 12.5 Å². The Kier molecular flexibility index (Phi) is 4.86. The predicted octanol–water partition coefficient (Wildman–Crippen LogP) is 2.34. The second-order valence-electron chi connectivity index (χ2n) is 5.05. The molecule has 0 radical (unpaired) electrons. The molecule has 0 unspecified atom stereocenters. The van der Waals surface area contributed by atoms with Crippen LogP contribution in [0.5, 0.6) is 0 Å². The van der Waals surface area contributed by atoms with Gasteiger partial charge in [0.05, 0.1) is 12.5 Å². The van der Waals surface area contributed by atoms with E-state index >= 15 is 0 Å². The molecule has 0 aromatic rings. The third-order valence-corrected chi connectivity index (χ3v) is 5.37. The number of carboxylic acid groups (broad SMARTS) is 1. The van der Waals surface area contributed by atoms with Crippen LogP contribution in [0.1, 0.15) is 39.0 Å². The second-order valence-corrected chi connectivity index (χ2v) is 6.62. The van der Waals surface area contributed by atoms with Gasteiger partial charge in [0.2, 0.25) is 0 Å². The maximum Gasteiger partial charge on any atom is 0.320 e. The van der Waals surface area contributed by atoms with E-state index in [9.17, 15) is 4.79 Å². The predicted molar refractivity (Wildman–Crippen MR) is 77.6 cm³/mol. The third kappa shape index (κ3) is 3.16. The van der Waals surface area contributed by atoms with Crippen LogP contribution in [0.25, 0.3) is 0 Å². The van der Waals surface area contributed by atoms with Gasteiger partial charge in [-0.2, -0.15) is 0 Å². The number of carboxylic acids is 1. The Morgan fingerprint density at radius 1 is 1.44 bits per heavy atom. The lowest BCUT2D eigenvalue weighted by Gasteiger charge is -2.43. The second kappa shape index (κ2) is 6.21. The van der Waals surface area contributed by atoms with E-state index in [1.807, 2.05) is 4.90 Å². The zero-order valence-electron chi connectivity index (χ0n) is 10.7. The summed E-state index contributed by atoms with van der Waals surface area (Å²) in [5, 5.41) is 9.09. The first-order chi connectivity index (χ1) is 8.59. The fourth-order valence-electron chi connectivity index (χ4n) is 2.56. The summed E-state index contributed by atoms with van der Waals surface area (Å²) in [6.07, 6.45) is 6.23. The zero-order valence-corrected chi connectivity index (χ0v) is 12.3. The van der Waals surface area contributed by atoms with Crippen molar-refractivity contribution in [3.8, 4) is 0 Å². The number of thiocarbonyl (C=S) groups is 1. The van der Waals surface area contributed by atoms with Crippen LogP contribution in [0, 0.1) is 0 Å². The van der Waals surface area contributed by atoms with E-state index in [4.69, 9.17) is 17.3 Å². The first-order valence-corrected chi connectivity index (χ1v) is 7.89. The standard InChI is InChI=1S/C12H20N2O2S2/c1-9(11(15)16)13-7-14(12(17)18-8-13)10-5-3-2-4-6-10/h9-10H,2-8H2,1H3,(H,15,16)/t9-/m0/s1. The molecule has 0 spiro atoms. The van der Waals surface area contributed by atoms with Crippen molar-refractivity contribution in [3.63, 3.8) is 0 Å². The van der Waals surface area contributed by atoms with Gasteiger partial charge in [0, 0.05) is 6.04 Å². The lowest BCUT2D eigenvalue weighted by atomic mass is 9.95. The molecule has 1 aliphatic heterocycles. The first kappa shape index (κ1) is 14.1. The van der Waals surface area contributed by atoms with Crippen LogP contribution < -0.4 is 0 Å². The van der Waals surface area contributed by atoms with E-state index in [-0.39, 0.29) is 0 Å². The van der Waals surface area contributed by atoms with E-state index in [1.54, 1.807) is 18.7 Å². The van der Waals surface area contributed by atoms with Gasteiger partial charge in [-0.1, -0.05) is 43.2 Å². The van der Waals surface area contributed by atoms with Gasteiger partial charge in [-0.05, 0) is 19.8 Å². The summed E-state index contributed by atoms with van der Waals surface area (Å²) in [5.74, 6) is -0.0674. The lowest BCUT2D eigenvalue weighted by Crippen LogP contribution is -2.54. The molecule has 2 aliphatic rings. The number of hydrogen-bond acceptors (Lipinski definition) is 4. The van der Waals surface area contributed by atoms with Crippen LogP contribution in [-0.4, -0.2) is 49.8 Å². The fourth-order valence-corrected chi connectivity index (χ4v) is 3.88. The highest BCUT2D eigenvalue weighted by Gasteiger charge is 2.32. The fraction of sp³-hybridized carbons (Fsp3) is 0.833. The highest BCUT2D eigenvalue weighted by molar-refractivity contribution is 8.22. The Morgan fingerprint density at radius 2 is 2.11 bits per heavy atom. The quantitative estimate of drug-likeness (QED) is 0.804. The molecular formula is C12H20N2O2S2. The van der Waals surface area contributed by atoms with Gasteiger partial charge < -0.3 is 10.0 Å². The van der Waals surface area contributed by atoms with Gasteiger partial charge in [0.25, 0.3) is 0 Å². The van der Waals surface area contributed by atoms with Crippen LogP contribution in [0.15, 0.2) is 0 Å². The van der Waals surface area contributed by atoms with Gasteiger partial charge in [-0.15, -0.1) is 0 Å². The highest BCUT2D eigenvalue weighted by Crippen LogP contribution is 2.29. The van der Waals surface area contributed by atoms with Crippen molar-refractivity contribution in [1.29, 1.82) is 0 Å². The Bertz CT molecular complexity index is 332. The van der Waals surface area contributed by atoms with Crippen LogP contribution in [0.4, 0.5) is 0 Å². The summed E-state index contributed by atoms with van der Waals surface area (Å²) in [4.78, 5) is 15.3. The van der Waals surface area contributed by atoms with Crippen LogP contribution >= 0.6 is 24.0 Å². The summed E-state index contributed by atoms with van der Waals surface area (Å²) >= 11 is 7.02. The largest absolute Gasteiger partial charge is 0.480 e. The summed E-state index contributed by atoms with van der Waals surface area (Å²) < 4.78 is 0.940. The third-order valence-electron chi connectivity index (χ3n) is 3.84. The minimum Gasteiger partial charge on any atom is -0.480 e. The van der Waals surface area contributed by atoms with E-state index in [0.717, 1.165) is 4.32 Å². The van der Waals surface area contributed by atoms with Gasteiger partial charge in [0.1, 0.15) is 10.4 Å². The van der Waals surface area contributed by atoms with Crippen molar-refractivity contribution < 1.29 is 9.90 Å². The molecule has 1 saturated carbocycles. The number of nitrogens with zero attached hydrogens (tertiary/aromatic N) is 2. The minimum absolute atomic E-state index is 0.438. The molecular weight excluding hydrogens is 268 g/mol. The van der Waals surface area contributed by atoms with E-state index in [1.165, 1.54) is 32.1 Å². The van der Waals surface area contributed by atoms with Crippen molar-refractivity contribution in [2.45, 2.75) is 51.1 Å². The van der Waals surface area contributed by atoms with Gasteiger partial charge in [0.15, 0.2) is 0 Å². The van der Waals surface area contributed by atoms with Crippen molar-refractivity contribution in [1.82, 2.24) is 9.80 Å². The summed E-state index contributed by atoms with van der Waals surface area (Å²) in [6.45, 7) is 2.42. The average Bonchev–Trinajstić information content (AvgIpc) is 2.39. The van der Waals surface area contributed by atoms with E-state index in [0.29, 0.717) is 18.6 Å². The Morgan fingerprint density at radius 3 is 2.72 bits per heavy atom. The van der Waals surface area contributed by atoms with Gasteiger partial charge in [-0.3, -0.25) is 9.69 Å². The summed E-state index contributed by atoms with van der Waals surface area (Å²) in [5.41, 5.74) is 0. The number of hydrogen-bond donors (Lipinski definition) is 1. The molecule has 6 heteroatoms. The average molecular weight is 288 g/mol. The summed E-state index contributed by atoms with van der Waals surface area (Å²) in [7, 11) is 0. The normalized spacial score (nSPS) is 25.2. The maximum atomic E-state index is 11.1. The first-order valence-electron chi connectivity index (χ1n) is 6.50. The van der Waals surface area contributed by atoms with E-state index in [2.05, 4.69) is 4.90 Å². The molecule has 1 heterocycles. The van der Waals surface area contributed by atoms with Crippen LogP contribution in [-0.2, 0) is 4.79 Å². The topological polar surface area (TPSA) is 43.8 Å². The molecule has 4 nitrogen and oxygen atoms in total. The molecule has 102 valence electrons. The molecule has 0 aromatic heterocycles. The van der Waals surface area contributed by atoms with Crippen molar-refractivity contribution >= 4 is 34.3 Å². The Balaban J connectivity index is 2.00.